The van der Waals surface area contributed by atoms with Crippen molar-refractivity contribution in [3.8, 4) is 22.4 Å². The number of benzene rings is 2. The number of nitro groups is 1. The van der Waals surface area contributed by atoms with E-state index < -0.39 is 0 Å². The molecule has 2 aromatic heterocycles. The topological polar surface area (TPSA) is 73.8 Å². The predicted octanol–water partition coefficient (Wildman–Crippen LogP) is 5.37. The van der Waals surface area contributed by atoms with Gasteiger partial charge in [0.05, 0.1) is 4.92 Å². The molecule has 2 heterocycles. The lowest BCUT2D eigenvalue weighted by atomic mass is 9.96. The summed E-state index contributed by atoms with van der Waals surface area (Å²) in [5, 5.41) is 16.0. The van der Waals surface area contributed by atoms with Crippen molar-refractivity contribution in [2.24, 2.45) is 7.05 Å². The van der Waals surface area contributed by atoms with Crippen LogP contribution in [0.15, 0.2) is 73.1 Å². The summed E-state index contributed by atoms with van der Waals surface area (Å²) in [5.74, 6) is -0.296. The molecule has 0 fully saturated rings. The molecule has 0 aliphatic heterocycles. The van der Waals surface area contributed by atoms with Crippen molar-refractivity contribution in [2.45, 2.75) is 19.3 Å². The molecule has 156 valence electrons. The van der Waals surface area contributed by atoms with E-state index in [1.165, 1.54) is 18.2 Å². The molecule has 2 aromatic carbocycles. The summed E-state index contributed by atoms with van der Waals surface area (Å²) in [6.45, 7) is 0. The number of hydrogen-bond donors (Lipinski definition) is 0. The van der Waals surface area contributed by atoms with Gasteiger partial charge in [0.25, 0.3) is 5.69 Å². The average Bonchev–Trinajstić information content (AvgIpc) is 3.11. The number of hydrogen-bond acceptors (Lipinski definition) is 4. The molecule has 0 saturated carbocycles. The highest BCUT2D eigenvalue weighted by Gasteiger charge is 2.20. The Morgan fingerprint density at radius 2 is 1.68 bits per heavy atom. The Bertz CT molecular complexity index is 1200. The Balaban J connectivity index is 1.68. The maximum absolute atomic E-state index is 13.4. The number of para-hydroxylation sites is 1. The summed E-state index contributed by atoms with van der Waals surface area (Å²) in [6.07, 6.45) is 5.46. The third kappa shape index (κ3) is 4.35. The van der Waals surface area contributed by atoms with Crippen molar-refractivity contribution >= 4 is 5.69 Å². The molecule has 0 bridgehead atoms. The van der Waals surface area contributed by atoms with Gasteiger partial charge in [-0.1, -0.05) is 18.2 Å². The molecule has 0 aliphatic rings. The Morgan fingerprint density at radius 1 is 0.968 bits per heavy atom. The van der Waals surface area contributed by atoms with E-state index in [-0.39, 0.29) is 16.4 Å². The summed E-state index contributed by atoms with van der Waals surface area (Å²) in [6, 6.07) is 17.0. The molecule has 0 atom stereocenters. The standard InChI is InChI=1S/C24H21FN4O2/c1-28-22(8-4-6-17-5-2-3-7-21(17)29(30)31)23(18-13-15-26-16-14-18)24(27-28)19-9-11-20(25)12-10-19/h2-3,5,7,9-16H,4,6,8H2,1H3. The Hall–Kier alpha value is -3.87. The van der Waals surface area contributed by atoms with Crippen LogP contribution in [0.3, 0.4) is 0 Å². The number of aryl methyl sites for hydroxylation is 2. The van der Waals surface area contributed by atoms with Crippen molar-refractivity contribution in [1.82, 2.24) is 14.8 Å². The molecule has 0 aliphatic carbocycles. The lowest BCUT2D eigenvalue weighted by Gasteiger charge is -2.09. The quantitative estimate of drug-likeness (QED) is 0.300. The molecule has 4 rings (SSSR count). The van der Waals surface area contributed by atoms with Gasteiger partial charge in [-0.25, -0.2) is 4.39 Å². The van der Waals surface area contributed by atoms with E-state index in [2.05, 4.69) is 4.98 Å². The van der Waals surface area contributed by atoms with E-state index in [1.54, 1.807) is 36.7 Å². The van der Waals surface area contributed by atoms with Crippen LogP contribution in [0.1, 0.15) is 17.7 Å². The van der Waals surface area contributed by atoms with Gasteiger partial charge >= 0.3 is 0 Å². The van der Waals surface area contributed by atoms with Crippen LogP contribution in [0.4, 0.5) is 10.1 Å². The second kappa shape index (κ2) is 8.87. The number of aromatic nitrogens is 3. The highest BCUT2D eigenvalue weighted by Crippen LogP contribution is 2.35. The smallest absolute Gasteiger partial charge is 0.271 e. The first kappa shape index (κ1) is 20.4. The molecular weight excluding hydrogens is 395 g/mol. The Morgan fingerprint density at radius 3 is 2.39 bits per heavy atom. The fraction of sp³-hybridized carbons (Fsp3) is 0.167. The molecule has 0 saturated heterocycles. The van der Waals surface area contributed by atoms with Gasteiger partial charge in [0.1, 0.15) is 11.5 Å². The minimum atomic E-state index is -0.339. The van der Waals surface area contributed by atoms with E-state index in [0.717, 1.165) is 40.1 Å². The van der Waals surface area contributed by atoms with Crippen LogP contribution in [0.2, 0.25) is 0 Å². The second-order valence-corrected chi connectivity index (χ2v) is 7.28. The van der Waals surface area contributed by atoms with Gasteiger partial charge in [0, 0.05) is 47.9 Å². The van der Waals surface area contributed by atoms with Gasteiger partial charge in [-0.2, -0.15) is 5.10 Å². The zero-order valence-electron chi connectivity index (χ0n) is 17.0. The zero-order chi connectivity index (χ0) is 21.8. The molecule has 31 heavy (non-hydrogen) atoms. The number of nitrogens with zero attached hydrogens (tertiary/aromatic N) is 4. The summed E-state index contributed by atoms with van der Waals surface area (Å²) in [7, 11) is 1.89. The van der Waals surface area contributed by atoms with Crippen molar-refractivity contribution < 1.29 is 9.31 Å². The fourth-order valence-electron chi connectivity index (χ4n) is 3.82. The highest BCUT2D eigenvalue weighted by molar-refractivity contribution is 5.82. The first-order valence-corrected chi connectivity index (χ1v) is 9.99. The van der Waals surface area contributed by atoms with Crippen LogP contribution in [0.25, 0.3) is 22.4 Å². The monoisotopic (exact) mass is 416 g/mol. The van der Waals surface area contributed by atoms with Crippen molar-refractivity contribution in [3.63, 3.8) is 0 Å². The normalized spacial score (nSPS) is 10.9. The van der Waals surface area contributed by atoms with Gasteiger partial charge in [-0.15, -0.1) is 0 Å². The first-order chi connectivity index (χ1) is 15.0. The molecule has 0 spiro atoms. The third-order valence-electron chi connectivity index (χ3n) is 5.30. The lowest BCUT2D eigenvalue weighted by Crippen LogP contribution is -2.02. The molecule has 0 amide bonds. The number of pyridine rings is 1. The SMILES string of the molecule is Cn1nc(-c2ccc(F)cc2)c(-c2ccncc2)c1CCCc1ccccc1[N+](=O)[O-]. The summed E-state index contributed by atoms with van der Waals surface area (Å²) in [4.78, 5) is 15.1. The molecule has 0 N–H and O–H groups in total. The van der Waals surface area contributed by atoms with Gasteiger partial charge in [0.2, 0.25) is 0 Å². The minimum Gasteiger partial charge on any atom is -0.271 e. The third-order valence-corrected chi connectivity index (χ3v) is 5.30. The van der Waals surface area contributed by atoms with Crippen LogP contribution in [-0.2, 0) is 19.9 Å². The van der Waals surface area contributed by atoms with E-state index >= 15 is 0 Å². The molecule has 0 radical (unpaired) electrons. The number of rotatable bonds is 7. The van der Waals surface area contributed by atoms with Crippen LogP contribution in [0.5, 0.6) is 0 Å². The Labute approximate surface area is 179 Å². The summed E-state index contributed by atoms with van der Waals surface area (Å²) < 4.78 is 15.3. The van der Waals surface area contributed by atoms with Crippen LogP contribution in [0, 0.1) is 15.9 Å². The second-order valence-electron chi connectivity index (χ2n) is 7.28. The molecule has 0 unspecified atom stereocenters. The molecular formula is C24H21FN4O2. The first-order valence-electron chi connectivity index (χ1n) is 9.99. The van der Waals surface area contributed by atoms with E-state index in [1.807, 2.05) is 29.9 Å². The largest absolute Gasteiger partial charge is 0.272 e. The number of halogens is 1. The van der Waals surface area contributed by atoms with E-state index in [4.69, 9.17) is 5.10 Å². The van der Waals surface area contributed by atoms with Crippen molar-refractivity contribution in [3.05, 3.63) is 100 Å². The molecule has 4 aromatic rings. The van der Waals surface area contributed by atoms with Crippen LogP contribution in [-0.4, -0.2) is 19.7 Å². The lowest BCUT2D eigenvalue weighted by molar-refractivity contribution is -0.385. The van der Waals surface area contributed by atoms with Gasteiger partial charge in [-0.3, -0.25) is 19.8 Å². The van der Waals surface area contributed by atoms with E-state index in [0.29, 0.717) is 12.8 Å². The highest BCUT2D eigenvalue weighted by atomic mass is 19.1. The van der Waals surface area contributed by atoms with Crippen molar-refractivity contribution in [1.29, 1.82) is 0 Å². The Kier molecular flexibility index (Phi) is 5.84. The van der Waals surface area contributed by atoms with Gasteiger partial charge < -0.3 is 0 Å². The zero-order valence-corrected chi connectivity index (χ0v) is 17.0. The minimum absolute atomic E-state index is 0.147. The molecule has 6 nitrogen and oxygen atoms in total. The van der Waals surface area contributed by atoms with Crippen LogP contribution >= 0.6 is 0 Å². The maximum atomic E-state index is 13.4. The average molecular weight is 416 g/mol. The van der Waals surface area contributed by atoms with Crippen molar-refractivity contribution in [2.75, 3.05) is 0 Å². The predicted molar refractivity (Wildman–Crippen MR) is 117 cm³/mol. The summed E-state index contributed by atoms with van der Waals surface area (Å²) in [5.41, 5.74) is 5.43. The fourth-order valence-corrected chi connectivity index (χ4v) is 3.82. The summed E-state index contributed by atoms with van der Waals surface area (Å²) >= 11 is 0. The molecule has 7 heteroatoms. The maximum Gasteiger partial charge on any atom is 0.272 e. The van der Waals surface area contributed by atoms with Crippen LogP contribution < -0.4 is 0 Å². The van der Waals surface area contributed by atoms with Gasteiger partial charge in [-0.05, 0) is 61.2 Å². The van der Waals surface area contributed by atoms with E-state index in [9.17, 15) is 14.5 Å². The number of nitro benzene ring substituents is 1. The van der Waals surface area contributed by atoms with Gasteiger partial charge in [0.15, 0.2) is 0 Å².